The summed E-state index contributed by atoms with van der Waals surface area (Å²) in [5, 5.41) is 17.6. The van der Waals surface area contributed by atoms with Crippen LogP contribution in [0.15, 0.2) is 24.4 Å². The molecule has 142 valence electrons. The van der Waals surface area contributed by atoms with Crippen molar-refractivity contribution in [1.82, 2.24) is 15.0 Å². The zero-order valence-electron chi connectivity index (χ0n) is 16.0. The number of rotatable bonds is 8. The normalized spacial score (nSPS) is 12.8. The number of carbonyl (C=O) groups is 1. The summed E-state index contributed by atoms with van der Waals surface area (Å²) in [7, 11) is 1.36. The fourth-order valence-corrected chi connectivity index (χ4v) is 2.84. The van der Waals surface area contributed by atoms with Gasteiger partial charge in [-0.1, -0.05) is 23.4 Å². The largest absolute Gasteiger partial charge is 0.469 e. The summed E-state index contributed by atoms with van der Waals surface area (Å²) in [4.78, 5) is 12.3. The van der Waals surface area contributed by atoms with Crippen LogP contribution in [-0.2, 0) is 34.0 Å². The van der Waals surface area contributed by atoms with E-state index in [1.165, 1.54) is 7.11 Å². The molecule has 0 spiro atoms. The second-order valence-corrected chi connectivity index (χ2v) is 6.81. The van der Waals surface area contributed by atoms with Crippen LogP contribution < -0.4 is 0 Å². The van der Waals surface area contributed by atoms with Crippen LogP contribution in [0.2, 0.25) is 0 Å². The van der Waals surface area contributed by atoms with Crippen molar-refractivity contribution in [3.05, 3.63) is 46.8 Å². The molecule has 0 radical (unpaired) electrons. The fourth-order valence-electron chi connectivity index (χ4n) is 2.84. The van der Waals surface area contributed by atoms with Crippen LogP contribution in [0, 0.1) is 12.3 Å². The molecule has 0 aliphatic heterocycles. The van der Waals surface area contributed by atoms with Gasteiger partial charge in [0.1, 0.15) is 5.69 Å². The third-order valence-electron chi connectivity index (χ3n) is 4.52. The number of hydrogen-bond acceptors (Lipinski definition) is 6. The molecule has 1 aromatic carbocycles. The molecule has 0 bridgehead atoms. The second-order valence-electron chi connectivity index (χ2n) is 6.81. The minimum absolute atomic E-state index is 0.0735. The summed E-state index contributed by atoms with van der Waals surface area (Å²) in [6.45, 7) is 8.34. The highest BCUT2D eigenvalue weighted by atomic mass is 16.5. The van der Waals surface area contributed by atoms with E-state index in [1.54, 1.807) is 18.5 Å². The quantitative estimate of drug-likeness (QED) is 0.727. The Balaban J connectivity index is 2.33. The van der Waals surface area contributed by atoms with Gasteiger partial charge in [0, 0.05) is 6.54 Å². The number of nitrogens with zero attached hydrogens (tertiary/aromatic N) is 3. The number of carbonyl (C=O) groups excluding carboxylic acids is 1. The number of esters is 1. The van der Waals surface area contributed by atoms with Crippen molar-refractivity contribution >= 4 is 5.97 Å². The Morgan fingerprint density at radius 1 is 1.38 bits per heavy atom. The molecule has 0 saturated heterocycles. The van der Waals surface area contributed by atoms with E-state index in [2.05, 4.69) is 10.3 Å². The predicted octanol–water partition coefficient (Wildman–Crippen LogP) is 2.56. The Bertz CT molecular complexity index is 755. The maximum absolute atomic E-state index is 12.3. The fraction of sp³-hybridized carbons (Fsp3) is 0.526. The SMILES string of the molecule is CCn1cc(CO[C@@H](c2ccc(C)c(CO)c2)C(C)(C)C(=O)OC)nn1. The standard InChI is InChI=1S/C19H27N3O4/c1-6-22-10-16(20-21-22)12-26-17(19(3,4)18(24)25-5)14-8-7-13(2)15(9-14)11-23/h7-10,17,23H,6,11-12H2,1-5H3/t17-/m0/s1. The van der Waals surface area contributed by atoms with Crippen molar-refractivity contribution in [2.45, 2.75) is 53.6 Å². The first-order valence-electron chi connectivity index (χ1n) is 8.62. The summed E-state index contributed by atoms with van der Waals surface area (Å²) in [6, 6.07) is 5.69. The highest BCUT2D eigenvalue weighted by Crippen LogP contribution is 2.39. The van der Waals surface area contributed by atoms with E-state index in [-0.39, 0.29) is 19.2 Å². The van der Waals surface area contributed by atoms with Crippen LogP contribution in [-0.4, -0.2) is 33.2 Å². The maximum atomic E-state index is 12.3. The molecule has 0 fully saturated rings. The average molecular weight is 361 g/mol. The number of aliphatic hydroxyl groups excluding tert-OH is 1. The predicted molar refractivity (Wildman–Crippen MR) is 96.1 cm³/mol. The van der Waals surface area contributed by atoms with Gasteiger partial charge in [-0.05, 0) is 44.4 Å². The van der Waals surface area contributed by atoms with Crippen LogP contribution in [0.4, 0.5) is 0 Å². The molecular weight excluding hydrogens is 334 g/mol. The highest BCUT2D eigenvalue weighted by Gasteiger charge is 2.40. The van der Waals surface area contributed by atoms with Gasteiger partial charge in [0.2, 0.25) is 0 Å². The highest BCUT2D eigenvalue weighted by molar-refractivity contribution is 5.77. The average Bonchev–Trinajstić information content (AvgIpc) is 3.10. The summed E-state index contributed by atoms with van der Waals surface area (Å²) >= 11 is 0. The van der Waals surface area contributed by atoms with Gasteiger partial charge in [-0.15, -0.1) is 5.10 Å². The number of benzene rings is 1. The molecule has 26 heavy (non-hydrogen) atoms. The Morgan fingerprint density at radius 2 is 2.12 bits per heavy atom. The van der Waals surface area contributed by atoms with Gasteiger partial charge in [-0.25, -0.2) is 0 Å². The zero-order valence-corrected chi connectivity index (χ0v) is 16.0. The number of aromatic nitrogens is 3. The van der Waals surface area contributed by atoms with Crippen molar-refractivity contribution in [3.8, 4) is 0 Å². The van der Waals surface area contributed by atoms with Gasteiger partial charge in [0.05, 0.1) is 38.0 Å². The Hall–Kier alpha value is -2.25. The Morgan fingerprint density at radius 3 is 2.69 bits per heavy atom. The molecule has 1 N–H and O–H groups in total. The zero-order chi connectivity index (χ0) is 19.3. The van der Waals surface area contributed by atoms with E-state index in [0.717, 1.165) is 23.2 Å². The van der Waals surface area contributed by atoms with Crippen LogP contribution in [0.25, 0.3) is 0 Å². The first kappa shape index (κ1) is 20.1. The van der Waals surface area contributed by atoms with E-state index in [9.17, 15) is 9.90 Å². The lowest BCUT2D eigenvalue weighted by Crippen LogP contribution is -2.34. The summed E-state index contributed by atoms with van der Waals surface area (Å²) in [5.41, 5.74) is 2.35. The van der Waals surface area contributed by atoms with Gasteiger partial charge in [0.15, 0.2) is 0 Å². The van der Waals surface area contributed by atoms with Crippen molar-refractivity contribution < 1.29 is 19.4 Å². The lowest BCUT2D eigenvalue weighted by molar-refractivity contribution is -0.162. The third-order valence-corrected chi connectivity index (χ3v) is 4.52. The monoisotopic (exact) mass is 361 g/mol. The first-order chi connectivity index (χ1) is 12.3. The molecule has 7 nitrogen and oxygen atoms in total. The summed E-state index contributed by atoms with van der Waals surface area (Å²) in [6.07, 6.45) is 1.25. The third kappa shape index (κ3) is 4.28. The van der Waals surface area contributed by atoms with Gasteiger partial charge in [-0.3, -0.25) is 9.48 Å². The van der Waals surface area contributed by atoms with Gasteiger partial charge >= 0.3 is 5.97 Å². The van der Waals surface area contributed by atoms with Crippen molar-refractivity contribution in [3.63, 3.8) is 0 Å². The van der Waals surface area contributed by atoms with E-state index in [1.807, 2.05) is 38.2 Å². The second kappa shape index (κ2) is 8.42. The van der Waals surface area contributed by atoms with Crippen LogP contribution in [0.5, 0.6) is 0 Å². The molecule has 2 aromatic rings. The summed E-state index contributed by atoms with van der Waals surface area (Å²) < 4.78 is 12.8. The molecule has 1 heterocycles. The summed E-state index contributed by atoms with van der Waals surface area (Å²) in [5.74, 6) is -0.370. The molecule has 0 amide bonds. The lowest BCUT2D eigenvalue weighted by atomic mass is 9.81. The number of methoxy groups -OCH3 is 1. The van der Waals surface area contributed by atoms with Crippen LogP contribution in [0.3, 0.4) is 0 Å². The van der Waals surface area contributed by atoms with Gasteiger partial charge in [0.25, 0.3) is 0 Å². The van der Waals surface area contributed by atoms with Crippen molar-refractivity contribution in [1.29, 1.82) is 0 Å². The number of aryl methyl sites for hydroxylation is 2. The smallest absolute Gasteiger partial charge is 0.314 e. The molecule has 7 heteroatoms. The number of hydrogen-bond donors (Lipinski definition) is 1. The van der Waals surface area contributed by atoms with Crippen LogP contribution in [0.1, 0.15) is 49.3 Å². The van der Waals surface area contributed by atoms with E-state index in [0.29, 0.717) is 5.69 Å². The Labute approximate surface area is 153 Å². The van der Waals surface area contributed by atoms with Gasteiger partial charge in [-0.2, -0.15) is 0 Å². The molecule has 0 aliphatic rings. The minimum Gasteiger partial charge on any atom is -0.469 e. The lowest BCUT2D eigenvalue weighted by Gasteiger charge is -2.32. The first-order valence-corrected chi connectivity index (χ1v) is 8.62. The number of aliphatic hydroxyl groups is 1. The van der Waals surface area contributed by atoms with E-state index >= 15 is 0 Å². The minimum atomic E-state index is -0.919. The maximum Gasteiger partial charge on any atom is 0.314 e. The van der Waals surface area contributed by atoms with Gasteiger partial charge < -0.3 is 14.6 Å². The number of ether oxygens (including phenoxy) is 2. The topological polar surface area (TPSA) is 86.5 Å². The van der Waals surface area contributed by atoms with Crippen molar-refractivity contribution in [2.75, 3.05) is 7.11 Å². The molecular formula is C19H27N3O4. The molecule has 0 saturated carbocycles. The molecule has 0 aliphatic carbocycles. The van der Waals surface area contributed by atoms with Crippen molar-refractivity contribution in [2.24, 2.45) is 5.41 Å². The molecule has 0 unspecified atom stereocenters. The molecule has 1 atom stereocenters. The van der Waals surface area contributed by atoms with E-state index in [4.69, 9.17) is 9.47 Å². The molecule has 2 rings (SSSR count). The van der Waals surface area contributed by atoms with Crippen LogP contribution >= 0.6 is 0 Å². The Kier molecular flexibility index (Phi) is 6.50. The van der Waals surface area contributed by atoms with E-state index < -0.39 is 11.5 Å². The molecule has 1 aromatic heterocycles.